The summed E-state index contributed by atoms with van der Waals surface area (Å²) in [5.74, 6) is 0.894. The van der Waals surface area contributed by atoms with Gasteiger partial charge in [0.05, 0.1) is 14.2 Å². The highest BCUT2D eigenvalue weighted by Crippen LogP contribution is 2.27. The van der Waals surface area contributed by atoms with Crippen molar-refractivity contribution in [3.8, 4) is 5.75 Å². The summed E-state index contributed by atoms with van der Waals surface area (Å²) >= 11 is 0. The summed E-state index contributed by atoms with van der Waals surface area (Å²) in [5, 5.41) is 3.37. The second-order valence-corrected chi connectivity index (χ2v) is 5.96. The van der Waals surface area contributed by atoms with Crippen LogP contribution in [0.3, 0.4) is 0 Å². The largest absolute Gasteiger partial charge is 0.496 e. The van der Waals surface area contributed by atoms with Crippen LogP contribution >= 0.6 is 24.0 Å². The second-order valence-electron chi connectivity index (χ2n) is 5.96. The van der Waals surface area contributed by atoms with Crippen LogP contribution in [-0.2, 0) is 17.7 Å². The summed E-state index contributed by atoms with van der Waals surface area (Å²) in [6, 6.07) is 13.8. The molecule has 0 unspecified atom stereocenters. The molecule has 2 aromatic rings. The number of fused-ring (bicyclic) bond motifs is 1. The molecule has 0 atom stereocenters. The number of aliphatic imine (C=N–C) groups is 1. The maximum absolute atomic E-state index is 11.9. The Bertz CT molecular complexity index is 839. The van der Waals surface area contributed by atoms with Crippen molar-refractivity contribution in [2.24, 2.45) is 4.99 Å². The molecular weight excluding hydrogens is 457 g/mol. The lowest BCUT2D eigenvalue weighted by atomic mass is 10.1. The van der Waals surface area contributed by atoms with E-state index < -0.39 is 5.97 Å². The molecule has 27 heavy (non-hydrogen) atoms. The zero-order chi connectivity index (χ0) is 18.5. The van der Waals surface area contributed by atoms with Crippen molar-refractivity contribution in [3.63, 3.8) is 0 Å². The molecule has 0 aliphatic carbocycles. The molecule has 0 bridgehead atoms. The minimum Gasteiger partial charge on any atom is -0.496 e. The first kappa shape index (κ1) is 21.0. The molecule has 1 heterocycles. The number of methoxy groups -OCH3 is 2. The van der Waals surface area contributed by atoms with Gasteiger partial charge in [-0.25, -0.2) is 4.79 Å². The van der Waals surface area contributed by atoms with Crippen molar-refractivity contribution in [2.45, 2.75) is 13.0 Å². The van der Waals surface area contributed by atoms with Crippen molar-refractivity contribution in [2.75, 3.05) is 32.7 Å². The summed E-state index contributed by atoms with van der Waals surface area (Å²) in [6.45, 7) is 1.44. The molecule has 0 amide bonds. The Morgan fingerprint density at radius 2 is 2.00 bits per heavy atom. The van der Waals surface area contributed by atoms with Gasteiger partial charge in [0, 0.05) is 25.8 Å². The Morgan fingerprint density at radius 1 is 1.22 bits per heavy atom. The second kappa shape index (κ2) is 9.59. The molecule has 0 saturated carbocycles. The number of esters is 1. The summed E-state index contributed by atoms with van der Waals surface area (Å²) in [7, 11) is 4.67. The predicted octanol–water partition coefficient (Wildman–Crippen LogP) is 3.24. The fraction of sp³-hybridized carbons (Fsp3) is 0.300. The number of carbonyl (C=O) groups is 1. The molecule has 7 heteroatoms. The fourth-order valence-electron chi connectivity index (χ4n) is 3.17. The summed E-state index contributed by atoms with van der Waals surface area (Å²) in [6.07, 6.45) is 1.01. The van der Waals surface area contributed by atoms with E-state index in [0.29, 0.717) is 17.9 Å². The highest BCUT2D eigenvalue weighted by Gasteiger charge is 2.22. The summed E-state index contributed by atoms with van der Waals surface area (Å²) in [5.41, 5.74) is 3.87. The highest BCUT2D eigenvalue weighted by molar-refractivity contribution is 14.0. The number of guanidine groups is 1. The third-order valence-electron chi connectivity index (χ3n) is 4.47. The van der Waals surface area contributed by atoms with Gasteiger partial charge in [0.25, 0.3) is 0 Å². The standard InChI is InChI=1S/C20H23N3O3.HI/c1-21-20(23-11-10-15-6-4-5-7-17(15)23)22-13-14-8-9-18(25-2)16(12-14)19(24)26-3;/h4-9,12H,10-11,13H2,1-3H3,(H,21,22);1H. The van der Waals surface area contributed by atoms with Gasteiger partial charge in [-0.3, -0.25) is 4.99 Å². The van der Waals surface area contributed by atoms with E-state index in [4.69, 9.17) is 9.47 Å². The Hall–Kier alpha value is -2.29. The molecule has 144 valence electrons. The van der Waals surface area contributed by atoms with Crippen LogP contribution in [0.15, 0.2) is 47.5 Å². The van der Waals surface area contributed by atoms with Gasteiger partial charge in [-0.05, 0) is 35.7 Å². The van der Waals surface area contributed by atoms with Gasteiger partial charge in [-0.2, -0.15) is 0 Å². The number of para-hydroxylation sites is 1. The maximum atomic E-state index is 11.9. The number of benzene rings is 2. The molecule has 3 rings (SSSR count). The Labute approximate surface area is 176 Å². The van der Waals surface area contributed by atoms with Crippen LogP contribution in [0.4, 0.5) is 5.69 Å². The van der Waals surface area contributed by atoms with Crippen molar-refractivity contribution >= 4 is 41.6 Å². The molecule has 1 N–H and O–H groups in total. The van der Waals surface area contributed by atoms with Gasteiger partial charge in [0.2, 0.25) is 0 Å². The lowest BCUT2D eigenvalue weighted by Crippen LogP contribution is -2.40. The van der Waals surface area contributed by atoms with Crippen molar-refractivity contribution < 1.29 is 14.3 Å². The number of hydrogen-bond donors (Lipinski definition) is 1. The number of anilines is 1. The van der Waals surface area contributed by atoms with E-state index in [9.17, 15) is 4.79 Å². The van der Waals surface area contributed by atoms with Gasteiger partial charge in [-0.1, -0.05) is 24.3 Å². The quantitative estimate of drug-likeness (QED) is 0.315. The first-order valence-corrected chi connectivity index (χ1v) is 8.49. The molecule has 2 aromatic carbocycles. The fourth-order valence-corrected chi connectivity index (χ4v) is 3.17. The predicted molar refractivity (Wildman–Crippen MR) is 117 cm³/mol. The van der Waals surface area contributed by atoms with E-state index in [1.54, 1.807) is 19.2 Å². The highest BCUT2D eigenvalue weighted by atomic mass is 127. The van der Waals surface area contributed by atoms with Gasteiger partial charge in [0.15, 0.2) is 5.96 Å². The molecule has 1 aliphatic rings. The van der Waals surface area contributed by atoms with Crippen LogP contribution in [0.5, 0.6) is 5.75 Å². The molecule has 0 spiro atoms. The third kappa shape index (κ3) is 4.52. The molecule has 0 aromatic heterocycles. The minimum atomic E-state index is -0.415. The number of rotatable bonds is 4. The van der Waals surface area contributed by atoms with Crippen molar-refractivity contribution in [1.29, 1.82) is 0 Å². The van der Waals surface area contributed by atoms with Crippen LogP contribution in [0.1, 0.15) is 21.5 Å². The Kier molecular flexibility index (Phi) is 7.46. The van der Waals surface area contributed by atoms with Crippen LogP contribution in [0, 0.1) is 0 Å². The number of ether oxygens (including phenoxy) is 2. The monoisotopic (exact) mass is 481 g/mol. The van der Waals surface area contributed by atoms with E-state index in [2.05, 4.69) is 33.4 Å². The minimum absolute atomic E-state index is 0. The normalized spacial score (nSPS) is 12.9. The molecule has 0 radical (unpaired) electrons. The van der Waals surface area contributed by atoms with E-state index in [-0.39, 0.29) is 24.0 Å². The first-order valence-electron chi connectivity index (χ1n) is 8.49. The van der Waals surface area contributed by atoms with E-state index in [1.807, 2.05) is 12.1 Å². The Balaban J connectivity index is 0.00000261. The number of nitrogens with zero attached hydrogens (tertiary/aromatic N) is 2. The van der Waals surface area contributed by atoms with Gasteiger partial charge >= 0.3 is 5.97 Å². The summed E-state index contributed by atoms with van der Waals surface area (Å²) < 4.78 is 10.1. The van der Waals surface area contributed by atoms with Crippen molar-refractivity contribution in [1.82, 2.24) is 5.32 Å². The zero-order valence-corrected chi connectivity index (χ0v) is 18.0. The van der Waals surface area contributed by atoms with Crippen LogP contribution in [-0.4, -0.2) is 39.7 Å². The van der Waals surface area contributed by atoms with Crippen LogP contribution in [0.25, 0.3) is 0 Å². The van der Waals surface area contributed by atoms with E-state index in [0.717, 1.165) is 24.5 Å². The Morgan fingerprint density at radius 3 is 2.70 bits per heavy atom. The molecular formula is C20H24IN3O3. The zero-order valence-electron chi connectivity index (χ0n) is 15.7. The van der Waals surface area contributed by atoms with Crippen molar-refractivity contribution in [3.05, 3.63) is 59.2 Å². The topological polar surface area (TPSA) is 63.2 Å². The van der Waals surface area contributed by atoms with Gasteiger partial charge in [0.1, 0.15) is 11.3 Å². The van der Waals surface area contributed by atoms with Gasteiger partial charge in [-0.15, -0.1) is 24.0 Å². The van der Waals surface area contributed by atoms with Crippen LogP contribution < -0.4 is 15.0 Å². The smallest absolute Gasteiger partial charge is 0.341 e. The number of hydrogen-bond acceptors (Lipinski definition) is 4. The number of carbonyl (C=O) groups excluding carboxylic acids is 1. The first-order chi connectivity index (χ1) is 12.7. The molecule has 1 aliphatic heterocycles. The molecule has 6 nitrogen and oxygen atoms in total. The maximum Gasteiger partial charge on any atom is 0.341 e. The lowest BCUT2D eigenvalue weighted by Gasteiger charge is -2.22. The lowest BCUT2D eigenvalue weighted by molar-refractivity contribution is 0.0597. The van der Waals surface area contributed by atoms with E-state index >= 15 is 0 Å². The van der Waals surface area contributed by atoms with Crippen LogP contribution in [0.2, 0.25) is 0 Å². The number of nitrogens with one attached hydrogen (secondary N) is 1. The average Bonchev–Trinajstić information content (AvgIpc) is 3.12. The summed E-state index contributed by atoms with van der Waals surface area (Å²) in [4.78, 5) is 18.5. The third-order valence-corrected chi connectivity index (χ3v) is 4.47. The molecule has 0 fully saturated rings. The van der Waals surface area contributed by atoms with Gasteiger partial charge < -0.3 is 19.7 Å². The molecule has 0 saturated heterocycles. The van der Waals surface area contributed by atoms with E-state index in [1.165, 1.54) is 25.5 Å². The SMILES string of the molecule is CN=C(NCc1ccc(OC)c(C(=O)OC)c1)N1CCc2ccccc21.I. The average molecular weight is 481 g/mol. The number of halogens is 1.